The van der Waals surface area contributed by atoms with Gasteiger partial charge in [0, 0.05) is 27.7 Å². The van der Waals surface area contributed by atoms with E-state index in [0.29, 0.717) is 9.92 Å². The Bertz CT molecular complexity index is 1600. The largest absolute Gasteiger partial charge is 0.378 e. The highest BCUT2D eigenvalue weighted by Gasteiger charge is 2.37. The van der Waals surface area contributed by atoms with Crippen LogP contribution in [0.25, 0.3) is 6.08 Å². The van der Waals surface area contributed by atoms with E-state index in [1.165, 1.54) is 54.6 Å². The molecule has 3 aromatic carbocycles. The summed E-state index contributed by atoms with van der Waals surface area (Å²) in [6.45, 7) is 0. The predicted molar refractivity (Wildman–Crippen MR) is 133 cm³/mol. The van der Waals surface area contributed by atoms with Gasteiger partial charge in [0.2, 0.25) is 0 Å². The van der Waals surface area contributed by atoms with E-state index >= 15 is 0 Å². The highest BCUT2D eigenvalue weighted by Crippen LogP contribution is 2.31. The number of non-ortho nitro benzene ring substituents is 1. The van der Waals surface area contributed by atoms with Gasteiger partial charge in [-0.2, -0.15) is 8.42 Å². The molecule has 0 unspecified atom stereocenters. The van der Waals surface area contributed by atoms with Gasteiger partial charge in [0.25, 0.3) is 17.5 Å². The van der Waals surface area contributed by atoms with Crippen molar-refractivity contribution in [2.24, 2.45) is 0 Å². The van der Waals surface area contributed by atoms with Crippen molar-refractivity contribution < 1.29 is 31.9 Å². The minimum Gasteiger partial charge on any atom is -0.378 e. The van der Waals surface area contributed by atoms with Crippen LogP contribution in [0.2, 0.25) is 10.0 Å². The first-order valence-corrected chi connectivity index (χ1v) is 12.3. The Kier molecular flexibility index (Phi) is 6.99. The molecule has 188 valence electrons. The van der Waals surface area contributed by atoms with Crippen LogP contribution >= 0.6 is 23.2 Å². The number of carbonyl (C=O) groups excluding carboxylic acids is 3. The van der Waals surface area contributed by atoms with E-state index in [1.54, 1.807) is 0 Å². The molecule has 1 aliphatic rings. The van der Waals surface area contributed by atoms with Crippen molar-refractivity contribution in [1.82, 2.24) is 5.32 Å². The fraction of sp³-hybridized carbons (Fsp3) is 0. The van der Waals surface area contributed by atoms with Crippen molar-refractivity contribution in [2.45, 2.75) is 4.90 Å². The average Bonchev–Trinajstić information content (AvgIpc) is 2.83. The molecule has 0 spiro atoms. The third-order valence-electron chi connectivity index (χ3n) is 4.97. The lowest BCUT2D eigenvalue weighted by atomic mass is 10.1. The Morgan fingerprint density at radius 2 is 1.62 bits per heavy atom. The number of nitro groups is 1. The quantitative estimate of drug-likeness (QED) is 0.153. The number of imide groups is 2. The molecule has 14 heteroatoms. The van der Waals surface area contributed by atoms with Gasteiger partial charge in [0.05, 0.1) is 10.6 Å². The summed E-state index contributed by atoms with van der Waals surface area (Å²) in [7, 11) is -4.35. The maximum atomic E-state index is 13.2. The smallest absolute Gasteiger partial charge is 0.339 e. The van der Waals surface area contributed by atoms with Crippen LogP contribution in [-0.4, -0.2) is 31.2 Å². The molecular formula is C23H13Cl2N3O8S. The van der Waals surface area contributed by atoms with Gasteiger partial charge in [-0.05, 0) is 54.6 Å². The molecule has 4 amide bonds. The number of hydrogen-bond donors (Lipinski definition) is 1. The number of rotatable bonds is 6. The van der Waals surface area contributed by atoms with E-state index in [0.717, 1.165) is 18.2 Å². The van der Waals surface area contributed by atoms with Crippen molar-refractivity contribution in [1.29, 1.82) is 0 Å². The van der Waals surface area contributed by atoms with Gasteiger partial charge in [-0.3, -0.25) is 25.0 Å². The predicted octanol–water partition coefficient (Wildman–Crippen LogP) is 4.34. The number of amides is 4. The number of barbiturate groups is 1. The second-order valence-corrected chi connectivity index (χ2v) is 9.83. The summed E-state index contributed by atoms with van der Waals surface area (Å²) in [6.07, 6.45) is 0.993. The van der Waals surface area contributed by atoms with E-state index in [9.17, 15) is 32.9 Å². The van der Waals surface area contributed by atoms with Gasteiger partial charge in [-0.15, -0.1) is 0 Å². The van der Waals surface area contributed by atoms with E-state index in [2.05, 4.69) is 0 Å². The lowest BCUT2D eigenvalue weighted by Crippen LogP contribution is -2.54. The number of anilines is 1. The van der Waals surface area contributed by atoms with Gasteiger partial charge in [-0.1, -0.05) is 29.3 Å². The van der Waals surface area contributed by atoms with Crippen molar-refractivity contribution in [3.63, 3.8) is 0 Å². The van der Waals surface area contributed by atoms with Gasteiger partial charge >= 0.3 is 16.1 Å². The minimum atomic E-state index is -4.35. The number of carbonyl (C=O) groups is 3. The van der Waals surface area contributed by atoms with Gasteiger partial charge in [0.1, 0.15) is 16.2 Å². The number of nitro benzene ring substituents is 1. The normalized spacial score (nSPS) is 15.0. The number of hydrogen-bond acceptors (Lipinski definition) is 8. The third kappa shape index (κ3) is 5.45. The average molecular weight is 562 g/mol. The summed E-state index contributed by atoms with van der Waals surface area (Å²) in [5, 5.41) is 13.5. The summed E-state index contributed by atoms with van der Waals surface area (Å²) in [6, 6.07) is 12.5. The Balaban J connectivity index is 1.75. The first-order valence-electron chi connectivity index (χ1n) is 10.1. The molecular weight excluding hydrogens is 549 g/mol. The fourth-order valence-corrected chi connectivity index (χ4v) is 4.53. The molecule has 1 heterocycles. The molecule has 0 radical (unpaired) electrons. The van der Waals surface area contributed by atoms with Crippen LogP contribution in [0.3, 0.4) is 0 Å². The molecule has 3 aromatic rings. The number of nitrogens with zero attached hydrogens (tertiary/aromatic N) is 2. The Morgan fingerprint density at radius 3 is 2.30 bits per heavy atom. The first kappa shape index (κ1) is 25.8. The zero-order valence-corrected chi connectivity index (χ0v) is 20.6. The van der Waals surface area contributed by atoms with E-state index in [-0.39, 0.29) is 26.9 Å². The molecule has 1 aliphatic heterocycles. The van der Waals surface area contributed by atoms with E-state index in [4.69, 9.17) is 27.4 Å². The Morgan fingerprint density at radius 1 is 0.946 bits per heavy atom. The number of nitrogens with one attached hydrogen (secondary N) is 1. The van der Waals surface area contributed by atoms with Crippen LogP contribution in [0.15, 0.2) is 77.2 Å². The molecule has 4 rings (SSSR count). The molecule has 1 fully saturated rings. The van der Waals surface area contributed by atoms with Gasteiger partial charge < -0.3 is 4.18 Å². The van der Waals surface area contributed by atoms with Crippen LogP contribution in [-0.2, 0) is 19.7 Å². The Labute approximate surface area is 219 Å². The molecule has 0 aromatic heterocycles. The van der Waals surface area contributed by atoms with Crippen LogP contribution in [0.4, 0.5) is 16.2 Å². The highest BCUT2D eigenvalue weighted by molar-refractivity contribution is 7.87. The fourth-order valence-electron chi connectivity index (χ4n) is 3.27. The molecule has 0 saturated carbocycles. The third-order valence-corrected chi connectivity index (χ3v) is 6.71. The van der Waals surface area contributed by atoms with Gasteiger partial charge in [-0.25, -0.2) is 9.69 Å². The van der Waals surface area contributed by atoms with Crippen LogP contribution < -0.4 is 14.4 Å². The van der Waals surface area contributed by atoms with Crippen molar-refractivity contribution in [2.75, 3.05) is 4.90 Å². The lowest BCUT2D eigenvalue weighted by Gasteiger charge is -2.26. The molecule has 11 nitrogen and oxygen atoms in total. The summed E-state index contributed by atoms with van der Waals surface area (Å²) >= 11 is 11.8. The molecule has 37 heavy (non-hydrogen) atoms. The molecule has 0 bridgehead atoms. The first-order chi connectivity index (χ1) is 17.5. The summed E-state index contributed by atoms with van der Waals surface area (Å²) in [5.41, 5.74) is -1.21. The van der Waals surface area contributed by atoms with Crippen LogP contribution in [0.1, 0.15) is 5.56 Å². The highest BCUT2D eigenvalue weighted by atomic mass is 35.5. The van der Waals surface area contributed by atoms with E-state index in [1.807, 2.05) is 5.32 Å². The van der Waals surface area contributed by atoms with Crippen LogP contribution in [0.5, 0.6) is 5.75 Å². The number of benzene rings is 3. The van der Waals surface area contributed by atoms with Crippen molar-refractivity contribution >= 4 is 68.6 Å². The summed E-state index contributed by atoms with van der Waals surface area (Å²) in [4.78, 5) is 48.9. The maximum absolute atomic E-state index is 13.2. The maximum Gasteiger partial charge on any atom is 0.339 e. The van der Waals surface area contributed by atoms with E-state index < -0.39 is 44.1 Å². The molecule has 1 saturated heterocycles. The summed E-state index contributed by atoms with van der Waals surface area (Å²) in [5.74, 6) is -2.46. The van der Waals surface area contributed by atoms with Crippen molar-refractivity contribution in [3.8, 4) is 5.75 Å². The summed E-state index contributed by atoms with van der Waals surface area (Å²) < 4.78 is 30.8. The SMILES string of the molecule is O=C1NC(=O)N(c2cccc([N+](=O)[O-])c2)C(=O)/C1=C/c1cc(Cl)ccc1OS(=O)(=O)c1ccc(Cl)cc1. The minimum absolute atomic E-state index is 0.0723. The second-order valence-electron chi connectivity index (χ2n) is 7.41. The van der Waals surface area contributed by atoms with Crippen molar-refractivity contribution in [3.05, 3.63) is 98.0 Å². The topological polar surface area (TPSA) is 153 Å². The van der Waals surface area contributed by atoms with Gasteiger partial charge in [0.15, 0.2) is 0 Å². The molecule has 1 N–H and O–H groups in total. The second kappa shape index (κ2) is 10.0. The Hall–Kier alpha value is -4.26. The standard InChI is InChI=1S/C23H13Cl2N3O8S/c24-14-4-7-18(8-5-14)37(34,35)36-20-9-6-15(25)10-13(20)11-19-21(29)26-23(31)27(22(19)30)16-2-1-3-17(12-16)28(32)33/h1-12H,(H,26,29,31)/b19-11+. The number of urea groups is 1. The zero-order valence-electron chi connectivity index (χ0n) is 18.3. The molecule has 0 atom stereocenters. The monoisotopic (exact) mass is 561 g/mol. The zero-order chi connectivity index (χ0) is 26.9. The molecule has 0 aliphatic carbocycles. The van der Waals surface area contributed by atoms with Crippen LogP contribution in [0, 0.1) is 10.1 Å². The number of halogens is 2. The lowest BCUT2D eigenvalue weighted by molar-refractivity contribution is -0.384.